The summed E-state index contributed by atoms with van der Waals surface area (Å²) in [5, 5.41) is 81.9. The van der Waals surface area contributed by atoms with Crippen molar-refractivity contribution in [2.75, 3.05) is 20.3 Å². The largest absolute Gasteiger partial charge is 0.497 e. The van der Waals surface area contributed by atoms with Gasteiger partial charge in [-0.1, -0.05) is 0 Å². The fourth-order valence-corrected chi connectivity index (χ4v) is 5.79. The summed E-state index contributed by atoms with van der Waals surface area (Å²) in [6.45, 7) is 0.304. The molecule has 1 aromatic carbocycles. The van der Waals surface area contributed by atoms with Gasteiger partial charge in [-0.2, -0.15) is 0 Å². The molecule has 0 aromatic heterocycles. The number of aliphatic hydroxyl groups is 8. The van der Waals surface area contributed by atoms with Gasteiger partial charge in [0.25, 0.3) is 0 Å². The molecule has 15 heteroatoms. The second-order valence-corrected chi connectivity index (χ2v) is 11.5. The Bertz CT molecular complexity index is 1270. The Morgan fingerprint density at radius 3 is 2.14 bits per heavy atom. The minimum absolute atomic E-state index is 0.00952. The third-order valence-corrected chi connectivity index (χ3v) is 8.35. The number of ether oxygens (including phenoxy) is 5. The van der Waals surface area contributed by atoms with E-state index in [9.17, 15) is 50.4 Å². The van der Waals surface area contributed by atoms with Crippen LogP contribution in [0.4, 0.5) is 0 Å². The highest BCUT2D eigenvalue weighted by Gasteiger charge is 2.49. The van der Waals surface area contributed by atoms with Gasteiger partial charge in [0.2, 0.25) is 6.29 Å². The molecule has 2 aliphatic heterocycles. The van der Waals surface area contributed by atoms with Crippen molar-refractivity contribution in [1.29, 1.82) is 0 Å². The van der Waals surface area contributed by atoms with E-state index in [2.05, 4.69) is 0 Å². The fraction of sp³-hybridized carbons (Fsp3) is 0.643. The summed E-state index contributed by atoms with van der Waals surface area (Å²) in [4.78, 5) is 27.1. The number of aliphatic hydroxyl groups excluding tert-OH is 7. The number of hydrogen-bond donors (Lipinski definition) is 8. The van der Waals surface area contributed by atoms with Crippen LogP contribution in [0.3, 0.4) is 0 Å². The van der Waals surface area contributed by atoms with Gasteiger partial charge >= 0.3 is 0 Å². The molecule has 0 unspecified atom stereocenters. The molecule has 1 aromatic rings. The molecule has 4 aliphatic rings. The standard InChI is InChI=1S/C28H36O15/c1-28(38)4-3-11-13(7-28)18(30)12-5-10(39-2)6-14(17(12)19(11)31)41-27-25(37)23(35)21(33)16(43-27)9-40-26-24(36)22(34)20(32)15(8-29)42-26/h5-6,15-16,20-27,29,32-38H,3-4,7-9H2,1-2H3/t15-,16-,20-,21-,22+,23+,24-,25-,26-,27-,28-/m1/s1. The molecular formula is C28H36O15. The molecule has 0 amide bonds. The molecule has 0 radical (unpaired) electrons. The van der Waals surface area contributed by atoms with Crippen molar-refractivity contribution in [1.82, 2.24) is 0 Å². The molecule has 0 saturated carbocycles. The molecule has 5 rings (SSSR count). The van der Waals surface area contributed by atoms with Gasteiger partial charge in [-0.05, 0) is 25.8 Å². The Morgan fingerprint density at radius 1 is 0.860 bits per heavy atom. The lowest BCUT2D eigenvalue weighted by molar-refractivity contribution is -0.323. The van der Waals surface area contributed by atoms with Gasteiger partial charge in [-0.3, -0.25) is 9.59 Å². The van der Waals surface area contributed by atoms with Crippen molar-refractivity contribution in [3.05, 3.63) is 34.4 Å². The molecule has 2 aliphatic carbocycles. The zero-order valence-electron chi connectivity index (χ0n) is 23.4. The summed E-state index contributed by atoms with van der Waals surface area (Å²) >= 11 is 0. The topological polar surface area (TPSA) is 242 Å². The lowest BCUT2D eigenvalue weighted by Crippen LogP contribution is -2.62. The van der Waals surface area contributed by atoms with E-state index in [1.54, 1.807) is 6.92 Å². The van der Waals surface area contributed by atoms with E-state index >= 15 is 0 Å². The van der Waals surface area contributed by atoms with E-state index in [1.165, 1.54) is 19.2 Å². The maximum atomic E-state index is 13.6. The Labute approximate surface area is 245 Å². The number of rotatable bonds is 7. The van der Waals surface area contributed by atoms with Gasteiger partial charge in [-0.15, -0.1) is 0 Å². The molecule has 15 nitrogen and oxygen atoms in total. The predicted molar refractivity (Wildman–Crippen MR) is 140 cm³/mol. The average Bonchev–Trinajstić information content (AvgIpc) is 2.98. The van der Waals surface area contributed by atoms with Crippen molar-refractivity contribution in [2.45, 2.75) is 93.2 Å². The van der Waals surface area contributed by atoms with Crippen LogP contribution >= 0.6 is 0 Å². The van der Waals surface area contributed by atoms with E-state index < -0.39 is 91.8 Å². The Kier molecular flexibility index (Phi) is 8.97. The summed E-state index contributed by atoms with van der Waals surface area (Å²) in [5.74, 6) is -1.06. The number of hydrogen-bond acceptors (Lipinski definition) is 15. The number of carbonyl (C=O) groups is 2. The van der Waals surface area contributed by atoms with Crippen LogP contribution < -0.4 is 9.47 Å². The first-order chi connectivity index (χ1) is 20.3. The quantitative estimate of drug-likeness (QED) is 0.156. The second kappa shape index (κ2) is 12.1. The SMILES string of the molecule is COc1cc(O[C@@H]2O[C@H](CO[C@@H]3O[C@H](CO)[C@@H](O)[C@H](O)[C@H]3O)[C@@H](O)[C@H](O)[C@H]2O)c2c(c1)C(=O)C1=C(CC[C@@](C)(O)C1)C2=O. The highest BCUT2D eigenvalue weighted by Crippen LogP contribution is 2.44. The molecule has 8 N–H and O–H groups in total. The van der Waals surface area contributed by atoms with Crippen LogP contribution in [0.25, 0.3) is 0 Å². The molecule has 2 fully saturated rings. The average molecular weight is 613 g/mol. The van der Waals surface area contributed by atoms with Crippen LogP contribution in [0.5, 0.6) is 11.5 Å². The second-order valence-electron chi connectivity index (χ2n) is 11.5. The van der Waals surface area contributed by atoms with Crippen LogP contribution in [0.1, 0.15) is 46.9 Å². The van der Waals surface area contributed by atoms with E-state index in [-0.39, 0.29) is 53.0 Å². The van der Waals surface area contributed by atoms with Gasteiger partial charge < -0.3 is 64.5 Å². The number of fused-ring (bicyclic) bond motifs is 1. The van der Waals surface area contributed by atoms with Crippen molar-refractivity contribution < 1.29 is 74.1 Å². The highest BCUT2D eigenvalue weighted by molar-refractivity contribution is 6.28. The van der Waals surface area contributed by atoms with E-state index in [0.29, 0.717) is 0 Å². The molecule has 0 spiro atoms. The number of methoxy groups -OCH3 is 1. The first-order valence-corrected chi connectivity index (χ1v) is 13.8. The number of ketones is 2. The number of benzene rings is 1. The van der Waals surface area contributed by atoms with E-state index in [0.717, 1.165) is 0 Å². The molecule has 0 bridgehead atoms. The molecule has 238 valence electrons. The number of allylic oxidation sites excluding steroid dienone is 1. The number of carbonyl (C=O) groups excluding carboxylic acids is 2. The van der Waals surface area contributed by atoms with Crippen LogP contribution in [-0.2, 0) is 14.2 Å². The zero-order valence-corrected chi connectivity index (χ0v) is 23.4. The molecular weight excluding hydrogens is 576 g/mol. The smallest absolute Gasteiger partial charge is 0.229 e. The Balaban J connectivity index is 1.38. The fourth-order valence-electron chi connectivity index (χ4n) is 5.79. The van der Waals surface area contributed by atoms with Gasteiger partial charge in [-0.25, -0.2) is 0 Å². The van der Waals surface area contributed by atoms with Gasteiger partial charge in [0, 0.05) is 29.2 Å². The Hall–Kier alpha value is -2.54. The van der Waals surface area contributed by atoms with Crippen LogP contribution in [0, 0.1) is 0 Å². The third-order valence-electron chi connectivity index (χ3n) is 8.35. The minimum Gasteiger partial charge on any atom is -0.497 e. The normalized spacial score (nSPS) is 39.8. The summed E-state index contributed by atoms with van der Waals surface area (Å²) < 4.78 is 27.6. The summed E-state index contributed by atoms with van der Waals surface area (Å²) in [6, 6.07) is 2.67. The first-order valence-electron chi connectivity index (χ1n) is 13.8. The van der Waals surface area contributed by atoms with Crippen molar-refractivity contribution in [3.8, 4) is 11.5 Å². The van der Waals surface area contributed by atoms with E-state index in [4.69, 9.17) is 23.7 Å². The van der Waals surface area contributed by atoms with Crippen molar-refractivity contribution in [3.63, 3.8) is 0 Å². The van der Waals surface area contributed by atoms with Crippen molar-refractivity contribution >= 4 is 11.6 Å². The molecule has 2 heterocycles. The lowest BCUT2D eigenvalue weighted by Gasteiger charge is -2.42. The van der Waals surface area contributed by atoms with E-state index in [1.807, 2.05) is 0 Å². The van der Waals surface area contributed by atoms with Crippen LogP contribution in [0.2, 0.25) is 0 Å². The minimum atomic E-state index is -1.84. The molecule has 43 heavy (non-hydrogen) atoms. The monoisotopic (exact) mass is 612 g/mol. The van der Waals surface area contributed by atoms with Crippen LogP contribution in [0.15, 0.2) is 23.3 Å². The maximum Gasteiger partial charge on any atom is 0.229 e. The molecule has 11 atom stereocenters. The zero-order chi connectivity index (χ0) is 31.4. The van der Waals surface area contributed by atoms with Gasteiger partial charge in [0.15, 0.2) is 17.9 Å². The summed E-state index contributed by atoms with van der Waals surface area (Å²) in [6.07, 6.45) is -16.0. The molecule has 2 saturated heterocycles. The predicted octanol–water partition coefficient (Wildman–Crippen LogP) is -2.69. The number of Topliss-reactive ketones (excluding diaryl/α,β-unsaturated/α-hetero) is 2. The maximum absolute atomic E-state index is 13.6. The summed E-state index contributed by atoms with van der Waals surface area (Å²) in [5.41, 5.74) is -0.870. The summed E-state index contributed by atoms with van der Waals surface area (Å²) in [7, 11) is 1.33. The first kappa shape index (κ1) is 31.9. The van der Waals surface area contributed by atoms with Crippen molar-refractivity contribution in [2.24, 2.45) is 0 Å². The van der Waals surface area contributed by atoms with Gasteiger partial charge in [0.05, 0.1) is 31.5 Å². The third kappa shape index (κ3) is 5.83. The highest BCUT2D eigenvalue weighted by atomic mass is 16.7. The van der Waals surface area contributed by atoms with Gasteiger partial charge in [0.1, 0.15) is 60.3 Å². The van der Waals surface area contributed by atoms with Crippen LogP contribution in [-0.4, -0.2) is 140 Å². The Morgan fingerprint density at radius 2 is 1.49 bits per heavy atom. The lowest BCUT2D eigenvalue weighted by atomic mass is 9.72.